The van der Waals surface area contributed by atoms with Crippen LogP contribution in [-0.4, -0.2) is 35.9 Å². The highest BCUT2D eigenvalue weighted by atomic mass is 32.2. The normalized spacial score (nSPS) is 11.7. The molecule has 0 aliphatic carbocycles. The van der Waals surface area contributed by atoms with Gasteiger partial charge in [0.05, 0.1) is 4.92 Å². The van der Waals surface area contributed by atoms with Gasteiger partial charge in [0.2, 0.25) is 0 Å². The van der Waals surface area contributed by atoms with Crippen LogP contribution in [0, 0.1) is 10.1 Å². The number of ether oxygens (including phenoxy) is 1. The molecule has 150 valence electrons. The van der Waals surface area contributed by atoms with Crippen LogP contribution in [0.2, 0.25) is 0 Å². The van der Waals surface area contributed by atoms with Crippen molar-refractivity contribution in [1.29, 1.82) is 0 Å². The van der Waals surface area contributed by atoms with E-state index in [0.29, 0.717) is 4.31 Å². The van der Waals surface area contributed by atoms with E-state index in [2.05, 4.69) is 0 Å². The Morgan fingerprint density at radius 3 is 2.21 bits per heavy atom. The summed E-state index contributed by atoms with van der Waals surface area (Å²) in [5.41, 5.74) is -0.718. The van der Waals surface area contributed by atoms with Crippen LogP contribution < -0.4 is 0 Å². The third-order valence-corrected chi connectivity index (χ3v) is 5.49. The summed E-state index contributed by atoms with van der Waals surface area (Å²) in [6.45, 7) is 4.61. The number of nitrogens with zero attached hydrogens (tertiary/aromatic N) is 2. The van der Waals surface area contributed by atoms with E-state index in [4.69, 9.17) is 4.74 Å². The molecule has 2 aromatic carbocycles. The molecule has 0 bridgehead atoms. The number of amides is 1. The summed E-state index contributed by atoms with van der Waals surface area (Å²) < 4.78 is 32.0. The third-order valence-electron chi connectivity index (χ3n) is 3.67. The van der Waals surface area contributed by atoms with Gasteiger partial charge >= 0.3 is 6.09 Å². The summed E-state index contributed by atoms with van der Waals surface area (Å²) in [5.74, 6) is 0. The van der Waals surface area contributed by atoms with E-state index in [-0.39, 0.29) is 13.0 Å². The Morgan fingerprint density at radius 1 is 1.07 bits per heavy atom. The molecule has 2 aromatic rings. The number of hydrogen-bond acceptors (Lipinski definition) is 6. The number of sulfonamides is 1. The van der Waals surface area contributed by atoms with Crippen molar-refractivity contribution in [2.45, 2.75) is 37.7 Å². The minimum absolute atomic E-state index is 0.215. The molecule has 0 radical (unpaired) electrons. The number of rotatable bonds is 6. The molecule has 9 heteroatoms. The summed E-state index contributed by atoms with van der Waals surface area (Å²) >= 11 is 0. The van der Waals surface area contributed by atoms with Crippen LogP contribution in [0.5, 0.6) is 0 Å². The first-order valence-corrected chi connectivity index (χ1v) is 9.99. The Balaban J connectivity index is 2.44. The predicted molar refractivity (Wildman–Crippen MR) is 103 cm³/mol. The second-order valence-electron chi connectivity index (χ2n) is 7.02. The van der Waals surface area contributed by atoms with E-state index >= 15 is 0 Å². The highest BCUT2D eigenvalue weighted by Gasteiger charge is 2.36. The van der Waals surface area contributed by atoms with Crippen molar-refractivity contribution in [2.24, 2.45) is 0 Å². The molecule has 0 aliphatic rings. The monoisotopic (exact) mass is 406 g/mol. The lowest BCUT2D eigenvalue weighted by Gasteiger charge is -2.27. The number of nitro groups is 1. The van der Waals surface area contributed by atoms with Crippen LogP contribution >= 0.6 is 0 Å². The quantitative estimate of drug-likeness (QED) is 0.534. The molecule has 0 saturated heterocycles. The van der Waals surface area contributed by atoms with Gasteiger partial charge < -0.3 is 4.74 Å². The Kier molecular flexibility index (Phi) is 6.40. The zero-order valence-corrected chi connectivity index (χ0v) is 16.7. The summed E-state index contributed by atoms with van der Waals surface area (Å²) in [4.78, 5) is 22.6. The van der Waals surface area contributed by atoms with Gasteiger partial charge in [0.15, 0.2) is 4.90 Å². The zero-order chi connectivity index (χ0) is 20.9. The van der Waals surface area contributed by atoms with E-state index in [1.54, 1.807) is 45.0 Å². The molecule has 0 aromatic heterocycles. The SMILES string of the molecule is CC(C)(C)OC(=O)N(CCc1ccccc1)S(=O)(=O)c1ccccc1[N+](=O)[O-]. The number of benzene rings is 2. The first-order chi connectivity index (χ1) is 13.0. The molecule has 0 spiro atoms. The molecule has 0 heterocycles. The minimum atomic E-state index is -4.50. The van der Waals surface area contributed by atoms with Gasteiger partial charge in [-0.15, -0.1) is 0 Å². The number of para-hydroxylation sites is 1. The molecule has 0 atom stereocenters. The van der Waals surface area contributed by atoms with Crippen molar-refractivity contribution in [3.8, 4) is 0 Å². The molecule has 0 saturated carbocycles. The van der Waals surface area contributed by atoms with Crippen molar-refractivity contribution in [1.82, 2.24) is 4.31 Å². The van der Waals surface area contributed by atoms with Crippen LogP contribution in [-0.2, 0) is 21.2 Å². The molecule has 0 N–H and O–H groups in total. The van der Waals surface area contributed by atoms with E-state index in [1.807, 2.05) is 6.07 Å². The molecular formula is C19H22N2O6S. The fraction of sp³-hybridized carbons (Fsp3) is 0.316. The third kappa shape index (κ3) is 5.29. The lowest BCUT2D eigenvalue weighted by atomic mass is 10.1. The van der Waals surface area contributed by atoms with Gasteiger partial charge in [-0.25, -0.2) is 13.2 Å². The molecule has 2 rings (SSSR count). The number of carbonyl (C=O) groups excluding carboxylic acids is 1. The second-order valence-corrected chi connectivity index (χ2v) is 8.85. The largest absolute Gasteiger partial charge is 0.443 e. The Bertz CT molecular complexity index is 952. The van der Waals surface area contributed by atoms with Crippen LogP contribution in [0.15, 0.2) is 59.5 Å². The topological polar surface area (TPSA) is 107 Å². The van der Waals surface area contributed by atoms with Crippen molar-refractivity contribution < 1.29 is 22.9 Å². The highest BCUT2D eigenvalue weighted by Crippen LogP contribution is 2.27. The zero-order valence-electron chi connectivity index (χ0n) is 15.9. The van der Waals surface area contributed by atoms with Crippen molar-refractivity contribution in [3.63, 3.8) is 0 Å². The average Bonchev–Trinajstić information content (AvgIpc) is 2.61. The minimum Gasteiger partial charge on any atom is -0.443 e. The fourth-order valence-electron chi connectivity index (χ4n) is 2.44. The Labute approximate surface area is 163 Å². The maximum atomic E-state index is 13.1. The van der Waals surface area contributed by atoms with Crippen LogP contribution in [0.4, 0.5) is 10.5 Å². The Morgan fingerprint density at radius 2 is 1.64 bits per heavy atom. The maximum absolute atomic E-state index is 13.1. The first kappa shape index (κ1) is 21.4. The summed E-state index contributed by atoms with van der Waals surface area (Å²) in [5, 5.41) is 11.3. The van der Waals surface area contributed by atoms with E-state index in [1.165, 1.54) is 12.1 Å². The van der Waals surface area contributed by atoms with E-state index in [0.717, 1.165) is 17.7 Å². The highest BCUT2D eigenvalue weighted by molar-refractivity contribution is 7.89. The summed E-state index contributed by atoms with van der Waals surface area (Å²) in [6, 6.07) is 13.9. The number of hydrogen-bond donors (Lipinski definition) is 0. The first-order valence-electron chi connectivity index (χ1n) is 8.55. The van der Waals surface area contributed by atoms with Gasteiger partial charge in [0.25, 0.3) is 15.7 Å². The molecular weight excluding hydrogens is 384 g/mol. The van der Waals surface area contributed by atoms with E-state index in [9.17, 15) is 23.3 Å². The van der Waals surface area contributed by atoms with Crippen molar-refractivity contribution in [2.75, 3.05) is 6.54 Å². The number of carbonyl (C=O) groups is 1. The molecule has 28 heavy (non-hydrogen) atoms. The van der Waals surface area contributed by atoms with Crippen molar-refractivity contribution >= 4 is 21.8 Å². The number of nitro benzene ring substituents is 1. The van der Waals surface area contributed by atoms with Gasteiger partial charge in [-0.3, -0.25) is 10.1 Å². The molecule has 0 aliphatic heterocycles. The standard InChI is InChI=1S/C19H22N2O6S/c1-19(2,3)27-18(22)20(14-13-15-9-5-4-6-10-15)28(25,26)17-12-8-7-11-16(17)21(23)24/h4-12H,13-14H2,1-3H3. The van der Waals surface area contributed by atoms with Gasteiger partial charge in [0.1, 0.15) is 5.60 Å². The second kappa shape index (κ2) is 8.39. The van der Waals surface area contributed by atoms with E-state index < -0.39 is 37.2 Å². The van der Waals surface area contributed by atoms with Gasteiger partial charge in [-0.1, -0.05) is 42.5 Å². The van der Waals surface area contributed by atoms with Gasteiger partial charge in [-0.05, 0) is 38.8 Å². The lowest BCUT2D eigenvalue weighted by molar-refractivity contribution is -0.387. The summed E-state index contributed by atoms with van der Waals surface area (Å²) in [6.07, 6.45) is -0.846. The molecule has 0 unspecified atom stereocenters. The van der Waals surface area contributed by atoms with Gasteiger partial charge in [0, 0.05) is 12.6 Å². The summed E-state index contributed by atoms with van der Waals surface area (Å²) in [7, 11) is -4.50. The average molecular weight is 406 g/mol. The van der Waals surface area contributed by atoms with Crippen LogP contribution in [0.1, 0.15) is 26.3 Å². The molecule has 8 nitrogen and oxygen atoms in total. The van der Waals surface area contributed by atoms with Crippen LogP contribution in [0.3, 0.4) is 0 Å². The Hall–Kier alpha value is -2.94. The predicted octanol–water partition coefficient (Wildman–Crippen LogP) is 3.76. The lowest BCUT2D eigenvalue weighted by Crippen LogP contribution is -2.42. The van der Waals surface area contributed by atoms with Gasteiger partial charge in [-0.2, -0.15) is 4.31 Å². The smallest absolute Gasteiger partial charge is 0.424 e. The molecule has 0 fully saturated rings. The van der Waals surface area contributed by atoms with Crippen molar-refractivity contribution in [3.05, 3.63) is 70.3 Å². The molecule has 1 amide bonds. The van der Waals surface area contributed by atoms with Crippen LogP contribution in [0.25, 0.3) is 0 Å². The maximum Gasteiger partial charge on any atom is 0.424 e. The fourth-order valence-corrected chi connectivity index (χ4v) is 3.90.